The van der Waals surface area contributed by atoms with E-state index in [1.54, 1.807) is 0 Å². The fourth-order valence-corrected chi connectivity index (χ4v) is 3.15. The summed E-state index contributed by atoms with van der Waals surface area (Å²) in [5, 5.41) is 14.0. The second-order valence-corrected chi connectivity index (χ2v) is 5.92. The minimum absolute atomic E-state index is 0.352. The van der Waals surface area contributed by atoms with Gasteiger partial charge in [-0.2, -0.15) is 0 Å². The number of rotatable bonds is 2. The predicted octanol–water partition coefficient (Wildman–Crippen LogP) is 3.49. The Morgan fingerprint density at radius 3 is 2.12 bits per heavy atom. The van der Waals surface area contributed by atoms with Gasteiger partial charge in [0.1, 0.15) is 0 Å². The van der Waals surface area contributed by atoms with Crippen LogP contribution in [-0.2, 0) is 0 Å². The topological polar surface area (TPSA) is 32.3 Å². The van der Waals surface area contributed by atoms with Crippen LogP contribution in [0.15, 0.2) is 0 Å². The van der Waals surface area contributed by atoms with Crippen LogP contribution in [0.1, 0.15) is 72.1 Å². The average molecular weight is 241 g/mol. The highest BCUT2D eigenvalue weighted by atomic mass is 16.3. The average Bonchev–Trinajstić information content (AvgIpc) is 2.85. The molecular formula is C15H31NO. The van der Waals surface area contributed by atoms with Gasteiger partial charge in [0.15, 0.2) is 0 Å². The van der Waals surface area contributed by atoms with Gasteiger partial charge in [0, 0.05) is 6.04 Å². The first-order chi connectivity index (χ1) is 8.12. The third-order valence-corrected chi connectivity index (χ3v) is 4.20. The fourth-order valence-electron chi connectivity index (χ4n) is 3.15. The van der Waals surface area contributed by atoms with E-state index < -0.39 is 5.60 Å². The summed E-state index contributed by atoms with van der Waals surface area (Å²) in [6.45, 7) is 7.39. The van der Waals surface area contributed by atoms with Gasteiger partial charge in [0.25, 0.3) is 0 Å². The molecule has 0 aromatic heterocycles. The first kappa shape index (κ1) is 15.0. The second-order valence-electron chi connectivity index (χ2n) is 5.92. The highest BCUT2D eigenvalue weighted by Gasteiger charge is 2.40. The van der Waals surface area contributed by atoms with Gasteiger partial charge in [-0.25, -0.2) is 0 Å². The standard InChI is InChI=1S/C12H23NO.C3H8/c1-12(14,11-8-5-9-13-11)10-6-3-2-4-7-10;1-3-2/h10-11,13-14H,2-9H2,1H3;3H2,1-2H3/t11?,12-;/m1./s1. The number of hydrogen-bond acceptors (Lipinski definition) is 2. The van der Waals surface area contributed by atoms with Crippen molar-refractivity contribution in [2.45, 2.75) is 83.8 Å². The lowest BCUT2D eigenvalue weighted by molar-refractivity contribution is -0.0430. The van der Waals surface area contributed by atoms with Crippen LogP contribution in [0.3, 0.4) is 0 Å². The van der Waals surface area contributed by atoms with Gasteiger partial charge in [-0.1, -0.05) is 39.5 Å². The Bertz CT molecular complexity index is 191. The first-order valence-corrected chi connectivity index (χ1v) is 7.58. The van der Waals surface area contributed by atoms with E-state index in [-0.39, 0.29) is 0 Å². The maximum atomic E-state index is 10.6. The highest BCUT2D eigenvalue weighted by molar-refractivity contribution is 4.96. The summed E-state index contributed by atoms with van der Waals surface area (Å²) in [5.41, 5.74) is -0.461. The molecule has 0 aromatic rings. The summed E-state index contributed by atoms with van der Waals surface area (Å²) < 4.78 is 0. The molecule has 2 N–H and O–H groups in total. The molecule has 1 unspecified atom stereocenters. The van der Waals surface area contributed by atoms with Crippen molar-refractivity contribution >= 4 is 0 Å². The monoisotopic (exact) mass is 241 g/mol. The Balaban J connectivity index is 0.000000437. The zero-order chi connectivity index (χ0) is 12.7. The molecule has 1 heterocycles. The van der Waals surface area contributed by atoms with Gasteiger partial charge in [-0.05, 0) is 45.1 Å². The number of nitrogens with one attached hydrogen (secondary N) is 1. The minimum Gasteiger partial charge on any atom is -0.388 e. The lowest BCUT2D eigenvalue weighted by Crippen LogP contribution is -2.51. The fraction of sp³-hybridized carbons (Fsp3) is 1.00. The summed E-state index contributed by atoms with van der Waals surface area (Å²) in [4.78, 5) is 0. The van der Waals surface area contributed by atoms with Gasteiger partial charge in [0.05, 0.1) is 5.60 Å². The molecule has 1 saturated heterocycles. The Morgan fingerprint density at radius 2 is 1.65 bits per heavy atom. The molecule has 0 bridgehead atoms. The van der Waals surface area contributed by atoms with E-state index in [0.29, 0.717) is 12.0 Å². The summed E-state index contributed by atoms with van der Waals surface area (Å²) >= 11 is 0. The van der Waals surface area contributed by atoms with E-state index in [2.05, 4.69) is 19.2 Å². The van der Waals surface area contributed by atoms with Crippen molar-refractivity contribution in [1.82, 2.24) is 5.32 Å². The van der Waals surface area contributed by atoms with Crippen LogP contribution in [-0.4, -0.2) is 23.3 Å². The molecule has 2 rings (SSSR count). The van der Waals surface area contributed by atoms with Crippen molar-refractivity contribution in [2.24, 2.45) is 5.92 Å². The molecule has 2 fully saturated rings. The van der Waals surface area contributed by atoms with Crippen LogP contribution in [0, 0.1) is 5.92 Å². The smallest absolute Gasteiger partial charge is 0.0799 e. The van der Waals surface area contributed by atoms with E-state index >= 15 is 0 Å². The third-order valence-electron chi connectivity index (χ3n) is 4.20. The van der Waals surface area contributed by atoms with Crippen LogP contribution in [0.5, 0.6) is 0 Å². The molecule has 1 saturated carbocycles. The minimum atomic E-state index is -0.461. The van der Waals surface area contributed by atoms with E-state index in [1.807, 2.05) is 6.92 Å². The first-order valence-electron chi connectivity index (χ1n) is 7.58. The SMILES string of the molecule is CCC.C[C@@](O)(C1CCCCC1)C1CCCN1. The molecule has 2 heteroatoms. The van der Waals surface area contributed by atoms with Crippen LogP contribution in [0.2, 0.25) is 0 Å². The maximum absolute atomic E-state index is 10.6. The van der Waals surface area contributed by atoms with E-state index in [9.17, 15) is 5.11 Å². The largest absolute Gasteiger partial charge is 0.388 e. The molecule has 0 spiro atoms. The van der Waals surface area contributed by atoms with Crippen molar-refractivity contribution in [2.75, 3.05) is 6.54 Å². The lowest BCUT2D eigenvalue weighted by Gasteiger charge is -2.40. The summed E-state index contributed by atoms with van der Waals surface area (Å²) in [7, 11) is 0. The normalized spacial score (nSPS) is 29.3. The van der Waals surface area contributed by atoms with Gasteiger partial charge in [-0.3, -0.25) is 0 Å². The molecule has 102 valence electrons. The maximum Gasteiger partial charge on any atom is 0.0799 e. The molecule has 1 aliphatic heterocycles. The van der Waals surface area contributed by atoms with Crippen molar-refractivity contribution in [3.05, 3.63) is 0 Å². The zero-order valence-electron chi connectivity index (χ0n) is 12.0. The molecule has 2 aliphatic rings. The predicted molar refractivity (Wildman–Crippen MR) is 74.2 cm³/mol. The molecule has 2 nitrogen and oxygen atoms in total. The summed E-state index contributed by atoms with van der Waals surface area (Å²) in [6.07, 6.45) is 10.1. The van der Waals surface area contributed by atoms with E-state index in [0.717, 1.165) is 13.0 Å². The van der Waals surface area contributed by atoms with Crippen molar-refractivity contribution in [3.63, 3.8) is 0 Å². The number of aliphatic hydroxyl groups is 1. The number of hydrogen-bond donors (Lipinski definition) is 2. The van der Waals surface area contributed by atoms with Gasteiger partial charge < -0.3 is 10.4 Å². The van der Waals surface area contributed by atoms with Gasteiger partial charge in [0.2, 0.25) is 0 Å². The molecule has 0 radical (unpaired) electrons. The van der Waals surface area contributed by atoms with Crippen LogP contribution in [0.25, 0.3) is 0 Å². The van der Waals surface area contributed by atoms with Crippen LogP contribution < -0.4 is 5.32 Å². The highest BCUT2D eigenvalue weighted by Crippen LogP contribution is 2.36. The lowest BCUT2D eigenvalue weighted by atomic mass is 9.74. The van der Waals surface area contributed by atoms with Gasteiger partial charge >= 0.3 is 0 Å². The van der Waals surface area contributed by atoms with Crippen molar-refractivity contribution in [1.29, 1.82) is 0 Å². The van der Waals surface area contributed by atoms with E-state index in [1.165, 1.54) is 44.9 Å². The van der Waals surface area contributed by atoms with Crippen LogP contribution in [0.4, 0.5) is 0 Å². The second kappa shape index (κ2) is 7.38. The molecular weight excluding hydrogens is 210 g/mol. The van der Waals surface area contributed by atoms with E-state index in [4.69, 9.17) is 0 Å². The Morgan fingerprint density at radius 1 is 1.06 bits per heavy atom. The summed E-state index contributed by atoms with van der Waals surface area (Å²) in [6, 6.07) is 0.352. The third kappa shape index (κ3) is 4.26. The summed E-state index contributed by atoms with van der Waals surface area (Å²) in [5.74, 6) is 0.534. The molecule has 0 amide bonds. The quantitative estimate of drug-likeness (QED) is 0.775. The zero-order valence-corrected chi connectivity index (χ0v) is 12.0. The Kier molecular flexibility index (Phi) is 6.50. The van der Waals surface area contributed by atoms with Crippen LogP contribution >= 0.6 is 0 Å². The molecule has 0 aromatic carbocycles. The molecule has 1 aliphatic carbocycles. The Labute approximate surface area is 107 Å². The Hall–Kier alpha value is -0.0800. The molecule has 17 heavy (non-hydrogen) atoms. The van der Waals surface area contributed by atoms with Gasteiger partial charge in [-0.15, -0.1) is 0 Å². The van der Waals surface area contributed by atoms with Crippen molar-refractivity contribution in [3.8, 4) is 0 Å². The molecule has 2 atom stereocenters. The van der Waals surface area contributed by atoms with Crippen molar-refractivity contribution < 1.29 is 5.11 Å².